The summed E-state index contributed by atoms with van der Waals surface area (Å²) in [5, 5.41) is 2.50. The molecule has 142 valence electrons. The van der Waals surface area contributed by atoms with Crippen LogP contribution in [-0.2, 0) is 14.6 Å². The molecule has 0 fully saturated rings. The van der Waals surface area contributed by atoms with E-state index in [4.69, 9.17) is 4.42 Å². The Hall–Kier alpha value is -2.46. The monoisotopic (exact) mass is 412 g/mol. The number of nitrogens with zero attached hydrogens (tertiary/aromatic N) is 1. The van der Waals surface area contributed by atoms with Crippen molar-refractivity contribution in [1.82, 2.24) is 4.98 Å². The minimum Gasteiger partial charge on any atom is -0.431 e. The third-order valence-electron chi connectivity index (χ3n) is 3.61. The first-order chi connectivity index (χ1) is 12.8. The smallest absolute Gasteiger partial charge is 0.257 e. The second-order valence-corrected chi connectivity index (χ2v) is 8.68. The number of halogens is 2. The van der Waals surface area contributed by atoms with E-state index >= 15 is 0 Å². The van der Waals surface area contributed by atoms with E-state index < -0.39 is 27.4 Å². The summed E-state index contributed by atoms with van der Waals surface area (Å²) in [4.78, 5) is 16.2. The van der Waals surface area contributed by atoms with E-state index in [1.54, 1.807) is 6.92 Å². The van der Waals surface area contributed by atoms with Crippen molar-refractivity contribution in [2.45, 2.75) is 17.0 Å². The third-order valence-corrected chi connectivity index (χ3v) is 6.17. The summed E-state index contributed by atoms with van der Waals surface area (Å²) in [7, 11) is -3.36. The van der Waals surface area contributed by atoms with E-state index in [-0.39, 0.29) is 27.3 Å². The molecular formula is C17H14F2N2O4S2. The zero-order valence-corrected chi connectivity index (χ0v) is 15.7. The van der Waals surface area contributed by atoms with E-state index in [1.807, 2.05) is 0 Å². The lowest BCUT2D eigenvalue weighted by Crippen LogP contribution is -2.15. The predicted octanol–water partition coefficient (Wildman–Crippen LogP) is 3.63. The number of thioether (sulfide) groups is 1. The highest BCUT2D eigenvalue weighted by atomic mass is 32.2. The van der Waals surface area contributed by atoms with Crippen molar-refractivity contribution in [3.63, 3.8) is 0 Å². The number of hydrogen-bond acceptors (Lipinski definition) is 6. The topological polar surface area (TPSA) is 89.3 Å². The van der Waals surface area contributed by atoms with Crippen molar-refractivity contribution in [1.29, 1.82) is 0 Å². The summed E-state index contributed by atoms with van der Waals surface area (Å²) < 4.78 is 55.7. The Kier molecular flexibility index (Phi) is 5.47. The van der Waals surface area contributed by atoms with Gasteiger partial charge in [-0.2, -0.15) is 0 Å². The maximum atomic E-state index is 13.5. The van der Waals surface area contributed by atoms with Gasteiger partial charge in [-0.25, -0.2) is 22.2 Å². The maximum Gasteiger partial charge on any atom is 0.257 e. The van der Waals surface area contributed by atoms with Crippen molar-refractivity contribution in [3.8, 4) is 0 Å². The average molecular weight is 412 g/mol. The van der Waals surface area contributed by atoms with Gasteiger partial charge in [-0.3, -0.25) is 4.79 Å². The van der Waals surface area contributed by atoms with Gasteiger partial charge < -0.3 is 9.73 Å². The molecule has 2 aromatic carbocycles. The zero-order valence-electron chi connectivity index (χ0n) is 14.0. The van der Waals surface area contributed by atoms with Gasteiger partial charge in [0.25, 0.3) is 5.22 Å². The standard InChI is InChI=1S/C17H14F2N2O4S2/c1-2-27(23,24)11-4-6-15-14(8-11)21-17(25-15)26-9-16(22)20-13-5-3-10(18)7-12(13)19/h3-8H,2,9H2,1H3,(H,20,22). The van der Waals surface area contributed by atoms with Gasteiger partial charge in [0.1, 0.15) is 17.2 Å². The van der Waals surface area contributed by atoms with Crippen LogP contribution >= 0.6 is 11.8 Å². The zero-order chi connectivity index (χ0) is 19.6. The first kappa shape index (κ1) is 19.3. The summed E-state index contributed by atoms with van der Waals surface area (Å²) in [6, 6.07) is 7.19. The van der Waals surface area contributed by atoms with Gasteiger partial charge in [0.15, 0.2) is 15.4 Å². The Labute approximate surface area is 157 Å². The normalized spacial score (nSPS) is 11.7. The number of hydrogen-bond donors (Lipinski definition) is 1. The van der Waals surface area contributed by atoms with Gasteiger partial charge in [0.2, 0.25) is 5.91 Å². The molecule has 0 aliphatic carbocycles. The number of rotatable bonds is 6. The number of aromatic nitrogens is 1. The molecule has 0 spiro atoms. The summed E-state index contributed by atoms with van der Waals surface area (Å²) in [5.74, 6) is -2.29. The Morgan fingerprint density at radius 2 is 2.00 bits per heavy atom. The van der Waals surface area contributed by atoms with E-state index in [0.29, 0.717) is 17.2 Å². The van der Waals surface area contributed by atoms with Crippen molar-refractivity contribution >= 4 is 44.3 Å². The van der Waals surface area contributed by atoms with Crippen molar-refractivity contribution < 1.29 is 26.4 Å². The van der Waals surface area contributed by atoms with Crippen LogP contribution in [0.4, 0.5) is 14.5 Å². The third kappa shape index (κ3) is 4.45. The number of carbonyl (C=O) groups is 1. The summed E-state index contributed by atoms with van der Waals surface area (Å²) in [5.41, 5.74) is 0.614. The van der Waals surface area contributed by atoms with Crippen molar-refractivity contribution in [3.05, 3.63) is 48.0 Å². The molecule has 6 nitrogen and oxygen atoms in total. The Morgan fingerprint density at radius 3 is 2.70 bits per heavy atom. The first-order valence-corrected chi connectivity index (χ1v) is 10.4. The van der Waals surface area contributed by atoms with Crippen LogP contribution in [0.1, 0.15) is 6.92 Å². The van der Waals surface area contributed by atoms with Gasteiger partial charge >= 0.3 is 0 Å². The summed E-state index contributed by atoms with van der Waals surface area (Å²) in [6.07, 6.45) is 0. The van der Waals surface area contributed by atoms with Crippen LogP contribution < -0.4 is 5.32 Å². The SMILES string of the molecule is CCS(=O)(=O)c1ccc2oc(SCC(=O)Nc3ccc(F)cc3F)nc2c1. The van der Waals surface area contributed by atoms with Gasteiger partial charge in [-0.1, -0.05) is 18.7 Å². The number of benzene rings is 2. The summed E-state index contributed by atoms with van der Waals surface area (Å²) >= 11 is 0.966. The lowest BCUT2D eigenvalue weighted by Gasteiger charge is -2.05. The molecule has 0 atom stereocenters. The molecule has 10 heteroatoms. The Morgan fingerprint density at radius 1 is 1.22 bits per heavy atom. The van der Waals surface area contributed by atoms with Crippen LogP contribution in [0.15, 0.2) is 50.9 Å². The lowest BCUT2D eigenvalue weighted by molar-refractivity contribution is -0.113. The molecule has 27 heavy (non-hydrogen) atoms. The van der Waals surface area contributed by atoms with Crippen LogP contribution in [0.2, 0.25) is 0 Å². The number of oxazole rings is 1. The second-order valence-electron chi connectivity index (χ2n) is 5.47. The largest absolute Gasteiger partial charge is 0.431 e. The molecule has 0 unspecified atom stereocenters. The fourth-order valence-electron chi connectivity index (χ4n) is 2.21. The minimum atomic E-state index is -3.36. The molecule has 1 amide bonds. The number of carbonyl (C=O) groups excluding carboxylic acids is 1. The van der Waals surface area contributed by atoms with Crippen LogP contribution in [0, 0.1) is 11.6 Å². The molecule has 3 rings (SSSR count). The number of fused-ring (bicyclic) bond motifs is 1. The first-order valence-electron chi connectivity index (χ1n) is 7.79. The molecule has 1 heterocycles. The number of nitrogens with one attached hydrogen (secondary N) is 1. The van der Waals surface area contributed by atoms with Gasteiger partial charge in [0.05, 0.1) is 22.1 Å². The quantitative estimate of drug-likeness (QED) is 0.622. The van der Waals surface area contributed by atoms with Crippen molar-refractivity contribution in [2.75, 3.05) is 16.8 Å². The van der Waals surface area contributed by atoms with Crippen LogP contribution in [-0.4, -0.2) is 30.8 Å². The van der Waals surface area contributed by atoms with Gasteiger partial charge in [-0.15, -0.1) is 0 Å². The summed E-state index contributed by atoms with van der Waals surface area (Å²) in [6.45, 7) is 1.55. The number of anilines is 1. The highest BCUT2D eigenvalue weighted by Gasteiger charge is 2.16. The highest BCUT2D eigenvalue weighted by molar-refractivity contribution is 7.99. The van der Waals surface area contributed by atoms with E-state index in [2.05, 4.69) is 10.3 Å². The fourth-order valence-corrected chi connectivity index (χ4v) is 3.75. The number of amides is 1. The average Bonchev–Trinajstić information content (AvgIpc) is 3.04. The highest BCUT2D eigenvalue weighted by Crippen LogP contribution is 2.26. The molecule has 0 aliphatic heterocycles. The van der Waals surface area contributed by atoms with E-state index in [9.17, 15) is 22.0 Å². The van der Waals surface area contributed by atoms with E-state index in [0.717, 1.165) is 23.9 Å². The van der Waals surface area contributed by atoms with Gasteiger partial charge in [0, 0.05) is 6.07 Å². The molecule has 0 radical (unpaired) electrons. The Bertz CT molecular complexity index is 1110. The molecule has 1 aromatic heterocycles. The van der Waals surface area contributed by atoms with Crippen LogP contribution in [0.25, 0.3) is 11.1 Å². The molecule has 0 aliphatic rings. The van der Waals surface area contributed by atoms with Gasteiger partial charge in [-0.05, 0) is 30.3 Å². The fraction of sp³-hybridized carbons (Fsp3) is 0.176. The Balaban J connectivity index is 1.68. The minimum absolute atomic E-state index is 0.0297. The van der Waals surface area contributed by atoms with Crippen LogP contribution in [0.5, 0.6) is 0 Å². The number of sulfone groups is 1. The van der Waals surface area contributed by atoms with Crippen molar-refractivity contribution in [2.24, 2.45) is 0 Å². The lowest BCUT2D eigenvalue weighted by atomic mass is 10.3. The molecule has 0 bridgehead atoms. The predicted molar refractivity (Wildman–Crippen MR) is 97.4 cm³/mol. The molecule has 3 aromatic rings. The van der Waals surface area contributed by atoms with Crippen LogP contribution in [0.3, 0.4) is 0 Å². The molecular weight excluding hydrogens is 398 g/mol. The molecule has 0 saturated carbocycles. The maximum absolute atomic E-state index is 13.5. The van der Waals surface area contributed by atoms with E-state index in [1.165, 1.54) is 18.2 Å². The molecule has 1 N–H and O–H groups in total. The second kappa shape index (κ2) is 7.65. The molecule has 0 saturated heterocycles.